The van der Waals surface area contributed by atoms with Crippen molar-refractivity contribution in [2.75, 3.05) is 0 Å². The Morgan fingerprint density at radius 2 is 1.92 bits per heavy atom. The molecular formula is C12H20. The molecule has 0 nitrogen and oxygen atoms in total. The van der Waals surface area contributed by atoms with E-state index in [-0.39, 0.29) is 0 Å². The standard InChI is InChI=1S/C12H20/c1-3-7-11-9-5-6-10-12(11)8-4-2/h5,9H,3-4,6-8,10H2,1-2H3. The molecule has 0 saturated carbocycles. The van der Waals surface area contributed by atoms with Gasteiger partial charge in [-0.15, -0.1) is 0 Å². The van der Waals surface area contributed by atoms with Crippen molar-refractivity contribution in [1.82, 2.24) is 0 Å². The lowest BCUT2D eigenvalue weighted by molar-refractivity contribution is 0.779. The summed E-state index contributed by atoms with van der Waals surface area (Å²) in [7, 11) is 0. The Morgan fingerprint density at radius 3 is 2.58 bits per heavy atom. The minimum atomic E-state index is 1.27. The highest BCUT2D eigenvalue weighted by Crippen LogP contribution is 2.25. The van der Waals surface area contributed by atoms with Gasteiger partial charge in [0.15, 0.2) is 0 Å². The first-order valence-corrected chi connectivity index (χ1v) is 5.26. The van der Waals surface area contributed by atoms with Crippen molar-refractivity contribution < 1.29 is 0 Å². The van der Waals surface area contributed by atoms with Gasteiger partial charge in [0, 0.05) is 0 Å². The summed E-state index contributed by atoms with van der Waals surface area (Å²) < 4.78 is 0. The maximum atomic E-state index is 2.35. The van der Waals surface area contributed by atoms with Gasteiger partial charge in [0.1, 0.15) is 0 Å². The highest BCUT2D eigenvalue weighted by Gasteiger charge is 2.05. The van der Waals surface area contributed by atoms with Crippen LogP contribution in [-0.2, 0) is 0 Å². The normalized spacial score (nSPS) is 17.2. The van der Waals surface area contributed by atoms with E-state index in [9.17, 15) is 0 Å². The number of hydrogen-bond acceptors (Lipinski definition) is 0. The molecule has 0 atom stereocenters. The molecule has 0 radical (unpaired) electrons. The summed E-state index contributed by atoms with van der Waals surface area (Å²) in [5, 5.41) is 0. The van der Waals surface area contributed by atoms with Crippen LogP contribution in [0.15, 0.2) is 23.3 Å². The van der Waals surface area contributed by atoms with E-state index < -0.39 is 0 Å². The summed E-state index contributed by atoms with van der Waals surface area (Å²) in [5.74, 6) is 0. The van der Waals surface area contributed by atoms with Crippen molar-refractivity contribution in [2.45, 2.75) is 52.4 Å². The van der Waals surface area contributed by atoms with Crippen LogP contribution >= 0.6 is 0 Å². The van der Waals surface area contributed by atoms with Gasteiger partial charge in [-0.05, 0) is 31.3 Å². The van der Waals surface area contributed by atoms with Crippen molar-refractivity contribution in [1.29, 1.82) is 0 Å². The van der Waals surface area contributed by atoms with Gasteiger partial charge in [-0.3, -0.25) is 0 Å². The average Bonchev–Trinajstić information content (AvgIpc) is 2.09. The first kappa shape index (κ1) is 9.57. The molecule has 0 N–H and O–H groups in total. The fraction of sp³-hybridized carbons (Fsp3) is 0.667. The second kappa shape index (κ2) is 5.18. The zero-order chi connectivity index (χ0) is 8.81. The van der Waals surface area contributed by atoms with Crippen LogP contribution < -0.4 is 0 Å². The molecule has 12 heavy (non-hydrogen) atoms. The SMILES string of the molecule is CCCC1=C(CCC)CCC=C1. The highest BCUT2D eigenvalue weighted by molar-refractivity contribution is 5.29. The van der Waals surface area contributed by atoms with E-state index in [4.69, 9.17) is 0 Å². The summed E-state index contributed by atoms with van der Waals surface area (Å²) in [5.41, 5.74) is 3.35. The third kappa shape index (κ3) is 2.51. The van der Waals surface area contributed by atoms with Crippen LogP contribution in [-0.4, -0.2) is 0 Å². The molecule has 0 amide bonds. The van der Waals surface area contributed by atoms with Crippen molar-refractivity contribution in [3.05, 3.63) is 23.3 Å². The molecule has 1 aliphatic rings. The van der Waals surface area contributed by atoms with E-state index >= 15 is 0 Å². The third-order valence-corrected chi connectivity index (χ3v) is 2.46. The molecule has 0 saturated heterocycles. The van der Waals surface area contributed by atoms with E-state index in [1.165, 1.54) is 38.5 Å². The summed E-state index contributed by atoms with van der Waals surface area (Å²) in [6.45, 7) is 4.54. The van der Waals surface area contributed by atoms with Crippen LogP contribution in [0.5, 0.6) is 0 Å². The summed E-state index contributed by atoms with van der Waals surface area (Å²) >= 11 is 0. The van der Waals surface area contributed by atoms with E-state index in [1.54, 1.807) is 11.1 Å². The lowest BCUT2D eigenvalue weighted by Gasteiger charge is -2.14. The Morgan fingerprint density at radius 1 is 1.17 bits per heavy atom. The summed E-state index contributed by atoms with van der Waals surface area (Å²) in [6, 6.07) is 0. The predicted octanol–water partition coefficient (Wildman–Crippen LogP) is 4.23. The maximum Gasteiger partial charge on any atom is -0.0280 e. The maximum absolute atomic E-state index is 2.35. The molecule has 68 valence electrons. The van der Waals surface area contributed by atoms with Crippen LogP contribution in [0.3, 0.4) is 0 Å². The molecular weight excluding hydrogens is 144 g/mol. The van der Waals surface area contributed by atoms with Gasteiger partial charge in [-0.2, -0.15) is 0 Å². The largest absolute Gasteiger partial charge is 0.0839 e. The van der Waals surface area contributed by atoms with Crippen LogP contribution in [0.1, 0.15) is 52.4 Å². The van der Waals surface area contributed by atoms with Crippen LogP contribution in [0.2, 0.25) is 0 Å². The molecule has 0 bridgehead atoms. The Kier molecular flexibility index (Phi) is 4.13. The quantitative estimate of drug-likeness (QED) is 0.583. The Labute approximate surface area is 76.4 Å². The number of allylic oxidation sites excluding steroid dienone is 4. The zero-order valence-electron chi connectivity index (χ0n) is 8.40. The van der Waals surface area contributed by atoms with E-state index in [1.807, 2.05) is 0 Å². The molecule has 0 aromatic carbocycles. The van der Waals surface area contributed by atoms with Gasteiger partial charge < -0.3 is 0 Å². The number of rotatable bonds is 4. The van der Waals surface area contributed by atoms with Crippen molar-refractivity contribution in [3.8, 4) is 0 Å². The molecule has 0 aliphatic heterocycles. The van der Waals surface area contributed by atoms with Crippen molar-refractivity contribution in [3.63, 3.8) is 0 Å². The van der Waals surface area contributed by atoms with Gasteiger partial charge in [-0.1, -0.05) is 44.4 Å². The average molecular weight is 164 g/mol. The van der Waals surface area contributed by atoms with Gasteiger partial charge in [0.2, 0.25) is 0 Å². The number of hydrogen-bond donors (Lipinski definition) is 0. The van der Waals surface area contributed by atoms with Gasteiger partial charge in [-0.25, -0.2) is 0 Å². The molecule has 0 spiro atoms. The van der Waals surface area contributed by atoms with Crippen LogP contribution in [0.25, 0.3) is 0 Å². The molecule has 0 unspecified atom stereocenters. The Hall–Kier alpha value is -0.520. The minimum absolute atomic E-state index is 1.27. The Bertz CT molecular complexity index is 184. The van der Waals surface area contributed by atoms with Crippen molar-refractivity contribution >= 4 is 0 Å². The summed E-state index contributed by atoms with van der Waals surface area (Å²) in [6.07, 6.45) is 12.4. The summed E-state index contributed by atoms with van der Waals surface area (Å²) in [4.78, 5) is 0. The van der Waals surface area contributed by atoms with Gasteiger partial charge in [0.25, 0.3) is 0 Å². The molecule has 0 fully saturated rings. The molecule has 0 aromatic rings. The fourth-order valence-corrected chi connectivity index (χ4v) is 1.88. The highest BCUT2D eigenvalue weighted by atomic mass is 14.1. The Balaban J connectivity index is 2.62. The van der Waals surface area contributed by atoms with Crippen molar-refractivity contribution in [2.24, 2.45) is 0 Å². The molecule has 0 heteroatoms. The van der Waals surface area contributed by atoms with E-state index in [2.05, 4.69) is 26.0 Å². The van der Waals surface area contributed by atoms with E-state index in [0.29, 0.717) is 0 Å². The zero-order valence-corrected chi connectivity index (χ0v) is 8.40. The second-order valence-electron chi connectivity index (χ2n) is 3.57. The lowest BCUT2D eigenvalue weighted by atomic mass is 9.92. The minimum Gasteiger partial charge on any atom is -0.0839 e. The van der Waals surface area contributed by atoms with Crippen LogP contribution in [0, 0.1) is 0 Å². The fourth-order valence-electron chi connectivity index (χ4n) is 1.88. The van der Waals surface area contributed by atoms with Gasteiger partial charge >= 0.3 is 0 Å². The molecule has 1 aliphatic carbocycles. The monoisotopic (exact) mass is 164 g/mol. The smallest absolute Gasteiger partial charge is 0.0280 e. The molecule has 0 aromatic heterocycles. The molecule has 1 rings (SSSR count). The lowest BCUT2D eigenvalue weighted by Crippen LogP contribution is -1.94. The first-order chi connectivity index (χ1) is 5.88. The second-order valence-corrected chi connectivity index (χ2v) is 3.57. The van der Waals surface area contributed by atoms with Gasteiger partial charge in [0.05, 0.1) is 0 Å². The predicted molar refractivity (Wildman–Crippen MR) is 55.2 cm³/mol. The topological polar surface area (TPSA) is 0 Å². The van der Waals surface area contributed by atoms with E-state index in [0.717, 1.165) is 0 Å². The third-order valence-electron chi connectivity index (χ3n) is 2.46. The molecule has 0 heterocycles. The first-order valence-electron chi connectivity index (χ1n) is 5.26. The van der Waals surface area contributed by atoms with Crippen LogP contribution in [0.4, 0.5) is 0 Å².